The maximum absolute atomic E-state index is 12.5. The smallest absolute Gasteiger partial charge is 0.422 e. The van der Waals surface area contributed by atoms with Gasteiger partial charge in [0.15, 0.2) is 0 Å². The molecular weight excluding hydrogens is 239 g/mol. The lowest BCUT2D eigenvalue weighted by Gasteiger charge is -2.09. The number of benzene rings is 1. The van der Waals surface area contributed by atoms with Crippen molar-refractivity contribution < 1.29 is 22.8 Å². The van der Waals surface area contributed by atoms with Gasteiger partial charge < -0.3 is 4.74 Å². The first-order valence-electron chi connectivity index (χ1n) is 4.41. The average molecular weight is 247 g/mol. The second-order valence-corrected chi connectivity index (χ2v) is 3.05. The van der Waals surface area contributed by atoms with E-state index in [0.717, 1.165) is 12.1 Å². The molecule has 0 spiro atoms. The number of hydrogen-bond donors (Lipinski definition) is 0. The molecule has 1 aromatic carbocycles. The molecule has 7 heteroatoms. The molecule has 1 rings (SSSR count). The maximum Gasteiger partial charge on any atom is 0.422 e. The SMILES string of the molecule is COc1ccc(C(=C[N+](=O)[O-])C(F)(F)F)cc1. The van der Waals surface area contributed by atoms with Crippen molar-refractivity contribution in [3.8, 4) is 5.75 Å². The molecule has 0 aliphatic heterocycles. The van der Waals surface area contributed by atoms with Crippen molar-refractivity contribution >= 4 is 5.57 Å². The van der Waals surface area contributed by atoms with Gasteiger partial charge in [0.1, 0.15) is 11.3 Å². The minimum Gasteiger partial charge on any atom is -0.497 e. The van der Waals surface area contributed by atoms with Crippen LogP contribution in [0.25, 0.3) is 5.57 Å². The van der Waals surface area contributed by atoms with E-state index in [0.29, 0.717) is 5.75 Å². The van der Waals surface area contributed by atoms with Crippen molar-refractivity contribution in [1.29, 1.82) is 0 Å². The van der Waals surface area contributed by atoms with Crippen LogP contribution in [0.4, 0.5) is 13.2 Å². The van der Waals surface area contributed by atoms with Crippen molar-refractivity contribution in [1.82, 2.24) is 0 Å². The van der Waals surface area contributed by atoms with Crippen LogP contribution in [0.2, 0.25) is 0 Å². The summed E-state index contributed by atoms with van der Waals surface area (Å²) >= 11 is 0. The van der Waals surface area contributed by atoms with E-state index in [1.165, 1.54) is 19.2 Å². The number of nitrogens with zero attached hydrogens (tertiary/aromatic N) is 1. The van der Waals surface area contributed by atoms with Crippen LogP contribution in [0.1, 0.15) is 5.56 Å². The Morgan fingerprint density at radius 2 is 1.88 bits per heavy atom. The van der Waals surface area contributed by atoms with Crippen molar-refractivity contribution in [2.45, 2.75) is 6.18 Å². The fourth-order valence-electron chi connectivity index (χ4n) is 1.19. The first-order valence-corrected chi connectivity index (χ1v) is 4.41. The molecule has 0 N–H and O–H groups in total. The van der Waals surface area contributed by atoms with E-state index < -0.39 is 16.7 Å². The highest BCUT2D eigenvalue weighted by Crippen LogP contribution is 2.34. The summed E-state index contributed by atoms with van der Waals surface area (Å²) in [5, 5.41) is 10.2. The van der Waals surface area contributed by atoms with Gasteiger partial charge in [-0.25, -0.2) is 0 Å². The minimum absolute atomic E-state index is 0.0538. The number of alkyl halides is 3. The summed E-state index contributed by atoms with van der Waals surface area (Å²) in [7, 11) is 1.37. The third-order valence-electron chi connectivity index (χ3n) is 1.94. The standard InChI is InChI=1S/C10H8F3NO3/c1-17-8-4-2-7(3-5-8)9(6-14(15)16)10(11,12)13/h2-6H,1H3. The van der Waals surface area contributed by atoms with Crippen LogP contribution in [0, 0.1) is 10.1 Å². The molecule has 0 bridgehead atoms. The molecule has 0 amide bonds. The summed E-state index contributed by atoms with van der Waals surface area (Å²) in [6.07, 6.45) is -4.83. The van der Waals surface area contributed by atoms with Gasteiger partial charge in [-0.1, -0.05) is 12.1 Å². The Labute approximate surface area is 94.5 Å². The van der Waals surface area contributed by atoms with E-state index in [2.05, 4.69) is 0 Å². The number of ether oxygens (including phenoxy) is 1. The lowest BCUT2D eigenvalue weighted by atomic mass is 10.1. The first-order chi connectivity index (χ1) is 7.84. The van der Waals surface area contributed by atoms with Crippen molar-refractivity contribution in [3.63, 3.8) is 0 Å². The molecule has 1 aromatic rings. The zero-order valence-corrected chi connectivity index (χ0v) is 8.69. The number of hydrogen-bond acceptors (Lipinski definition) is 3. The molecule has 0 atom stereocenters. The second-order valence-electron chi connectivity index (χ2n) is 3.05. The summed E-state index contributed by atoms with van der Waals surface area (Å²) in [6, 6.07) is 4.83. The largest absolute Gasteiger partial charge is 0.497 e. The van der Waals surface area contributed by atoms with E-state index in [-0.39, 0.29) is 11.8 Å². The Morgan fingerprint density at radius 1 is 1.35 bits per heavy atom. The molecule has 0 aliphatic rings. The molecular formula is C10H8F3NO3. The minimum atomic E-state index is -4.78. The first kappa shape index (κ1) is 13.0. The van der Waals surface area contributed by atoms with Gasteiger partial charge in [0.25, 0.3) is 0 Å². The van der Waals surface area contributed by atoms with Gasteiger partial charge in [-0.05, 0) is 17.7 Å². The molecule has 0 fully saturated rings. The number of nitro groups is 1. The predicted octanol–water partition coefficient (Wildman–Crippen LogP) is 2.88. The Balaban J connectivity index is 3.19. The van der Waals surface area contributed by atoms with E-state index in [1.807, 2.05) is 0 Å². The number of allylic oxidation sites excluding steroid dienone is 1. The Hall–Kier alpha value is -2.05. The summed E-state index contributed by atoms with van der Waals surface area (Å²) in [6.45, 7) is 0. The van der Waals surface area contributed by atoms with Crippen LogP contribution in [0.5, 0.6) is 5.75 Å². The molecule has 0 unspecified atom stereocenters. The Bertz CT molecular complexity index is 437. The summed E-state index contributed by atoms with van der Waals surface area (Å²) in [4.78, 5) is 9.03. The van der Waals surface area contributed by atoms with Crippen molar-refractivity contribution in [3.05, 3.63) is 46.1 Å². The number of halogens is 3. The normalized spacial score (nSPS) is 12.4. The Kier molecular flexibility index (Phi) is 3.72. The van der Waals surface area contributed by atoms with Gasteiger partial charge >= 0.3 is 6.18 Å². The van der Waals surface area contributed by atoms with Gasteiger partial charge in [-0.2, -0.15) is 13.2 Å². The van der Waals surface area contributed by atoms with Gasteiger partial charge in [0.2, 0.25) is 6.20 Å². The zero-order valence-electron chi connectivity index (χ0n) is 8.69. The van der Waals surface area contributed by atoms with Crippen molar-refractivity contribution in [2.24, 2.45) is 0 Å². The molecule has 4 nitrogen and oxygen atoms in total. The number of methoxy groups -OCH3 is 1. The molecule has 0 aromatic heterocycles. The second kappa shape index (κ2) is 4.86. The fourth-order valence-corrected chi connectivity index (χ4v) is 1.19. The van der Waals surface area contributed by atoms with Crippen molar-refractivity contribution in [2.75, 3.05) is 7.11 Å². The van der Waals surface area contributed by atoms with Crippen LogP contribution in [-0.4, -0.2) is 18.2 Å². The molecule has 0 radical (unpaired) electrons. The highest BCUT2D eigenvalue weighted by Gasteiger charge is 2.37. The third-order valence-corrected chi connectivity index (χ3v) is 1.94. The molecule has 0 saturated heterocycles. The molecule has 17 heavy (non-hydrogen) atoms. The van der Waals surface area contributed by atoms with E-state index in [1.54, 1.807) is 0 Å². The highest BCUT2D eigenvalue weighted by molar-refractivity contribution is 5.68. The predicted molar refractivity (Wildman–Crippen MR) is 54.0 cm³/mol. The van der Waals surface area contributed by atoms with Crippen LogP contribution >= 0.6 is 0 Å². The third kappa shape index (κ3) is 3.47. The Morgan fingerprint density at radius 3 is 2.24 bits per heavy atom. The summed E-state index contributed by atoms with van der Waals surface area (Å²) < 4.78 is 42.4. The maximum atomic E-state index is 12.5. The van der Waals surface area contributed by atoms with Crippen LogP contribution in [0.3, 0.4) is 0 Å². The van der Waals surface area contributed by atoms with Crippen LogP contribution < -0.4 is 4.74 Å². The van der Waals surface area contributed by atoms with E-state index in [4.69, 9.17) is 4.74 Å². The van der Waals surface area contributed by atoms with E-state index >= 15 is 0 Å². The summed E-state index contributed by atoms with van der Waals surface area (Å²) in [5.41, 5.74) is -1.58. The lowest BCUT2D eigenvalue weighted by molar-refractivity contribution is -0.402. The molecule has 0 saturated carbocycles. The highest BCUT2D eigenvalue weighted by atomic mass is 19.4. The fraction of sp³-hybridized carbons (Fsp3) is 0.200. The van der Waals surface area contributed by atoms with Gasteiger partial charge in [-0.3, -0.25) is 10.1 Å². The quantitative estimate of drug-likeness (QED) is 0.609. The average Bonchev–Trinajstić information content (AvgIpc) is 2.24. The van der Waals surface area contributed by atoms with Gasteiger partial charge in [0, 0.05) is 0 Å². The van der Waals surface area contributed by atoms with Gasteiger partial charge in [0.05, 0.1) is 12.0 Å². The summed E-state index contributed by atoms with van der Waals surface area (Å²) in [5.74, 6) is 0.372. The topological polar surface area (TPSA) is 52.4 Å². The van der Waals surface area contributed by atoms with Crippen LogP contribution in [0.15, 0.2) is 30.5 Å². The molecule has 0 aliphatic carbocycles. The van der Waals surface area contributed by atoms with Gasteiger partial charge in [-0.15, -0.1) is 0 Å². The lowest BCUT2D eigenvalue weighted by Crippen LogP contribution is -2.12. The molecule has 0 heterocycles. The monoisotopic (exact) mass is 247 g/mol. The zero-order chi connectivity index (χ0) is 13.1. The number of rotatable bonds is 3. The molecule has 92 valence electrons. The van der Waals surface area contributed by atoms with Crippen LogP contribution in [-0.2, 0) is 0 Å². The van der Waals surface area contributed by atoms with E-state index in [9.17, 15) is 23.3 Å².